The third kappa shape index (κ3) is 2.60. The number of anilines is 1. The molecule has 0 fully saturated rings. The van der Waals surface area contributed by atoms with E-state index in [1.54, 1.807) is 7.05 Å². The Morgan fingerprint density at radius 2 is 2.00 bits per heavy atom. The van der Waals surface area contributed by atoms with Gasteiger partial charge >= 0.3 is 0 Å². The molecule has 0 atom stereocenters. The number of nitrogens with zero attached hydrogens (tertiary/aromatic N) is 4. The van der Waals surface area contributed by atoms with E-state index >= 15 is 0 Å². The highest BCUT2D eigenvalue weighted by Gasteiger charge is 2.15. The average molecular weight is 340 g/mol. The van der Waals surface area contributed by atoms with Crippen LogP contribution in [-0.2, 0) is 0 Å². The highest BCUT2D eigenvalue weighted by molar-refractivity contribution is 6.42. The minimum atomic E-state index is -0.774. The molecule has 6 nitrogen and oxygen atoms in total. The predicted molar refractivity (Wildman–Crippen MR) is 81.2 cm³/mol. The Morgan fingerprint density at radius 1 is 1.18 bits per heavy atom. The highest BCUT2D eigenvalue weighted by Crippen LogP contribution is 2.34. The smallest absolute Gasteiger partial charge is 0.249 e. The molecule has 0 spiro atoms. The van der Waals surface area contributed by atoms with Crippen LogP contribution in [0.25, 0.3) is 11.0 Å². The maximum Gasteiger partial charge on any atom is 0.249 e. The topological polar surface area (TPSA) is 72.8 Å². The summed E-state index contributed by atoms with van der Waals surface area (Å²) in [4.78, 5) is 16.2. The molecule has 2 heterocycles. The van der Waals surface area contributed by atoms with E-state index in [-0.39, 0.29) is 21.7 Å². The molecule has 0 radical (unpaired) electrons. The molecule has 1 aromatic carbocycles. The Balaban J connectivity index is 2.09. The van der Waals surface area contributed by atoms with E-state index in [0.29, 0.717) is 17.0 Å². The summed E-state index contributed by atoms with van der Waals surface area (Å²) in [6, 6.07) is 2.79. The van der Waals surface area contributed by atoms with E-state index in [1.807, 2.05) is 0 Å². The molecule has 0 unspecified atom stereocenters. The molecular formula is C13H8Cl2FN5O. The van der Waals surface area contributed by atoms with Crippen molar-refractivity contribution < 1.29 is 9.13 Å². The first-order valence-electron chi connectivity index (χ1n) is 6.07. The second kappa shape index (κ2) is 5.86. The van der Waals surface area contributed by atoms with Crippen molar-refractivity contribution in [2.24, 2.45) is 0 Å². The molecule has 0 bridgehead atoms. The summed E-state index contributed by atoms with van der Waals surface area (Å²) in [5.41, 5.74) is 0.803. The molecule has 112 valence electrons. The Morgan fingerprint density at radius 3 is 2.77 bits per heavy atom. The van der Waals surface area contributed by atoms with E-state index in [9.17, 15) is 4.39 Å². The van der Waals surface area contributed by atoms with Crippen molar-refractivity contribution >= 4 is 40.2 Å². The second-order valence-corrected chi connectivity index (χ2v) is 4.92. The first-order chi connectivity index (χ1) is 10.6. The molecule has 22 heavy (non-hydrogen) atoms. The van der Waals surface area contributed by atoms with Gasteiger partial charge in [0, 0.05) is 7.05 Å². The number of hydrogen-bond acceptors (Lipinski definition) is 6. The van der Waals surface area contributed by atoms with Crippen LogP contribution < -0.4 is 10.1 Å². The molecule has 0 saturated carbocycles. The Labute approximate surface area is 134 Å². The monoisotopic (exact) mass is 339 g/mol. The van der Waals surface area contributed by atoms with Gasteiger partial charge in [-0.25, -0.2) is 19.3 Å². The van der Waals surface area contributed by atoms with E-state index in [4.69, 9.17) is 27.9 Å². The minimum absolute atomic E-state index is 0.0844. The highest BCUT2D eigenvalue weighted by atomic mass is 35.5. The lowest BCUT2D eigenvalue weighted by Crippen LogP contribution is -2.00. The van der Waals surface area contributed by atoms with E-state index in [2.05, 4.69) is 25.3 Å². The van der Waals surface area contributed by atoms with Gasteiger partial charge in [-0.05, 0) is 12.1 Å². The fraction of sp³-hybridized carbons (Fsp3) is 0.0769. The summed E-state index contributed by atoms with van der Waals surface area (Å²) in [6.45, 7) is 0. The molecule has 2 aromatic heterocycles. The third-order valence-corrected chi connectivity index (χ3v) is 3.56. The zero-order valence-corrected chi connectivity index (χ0v) is 12.7. The van der Waals surface area contributed by atoms with Gasteiger partial charge in [-0.15, -0.1) is 0 Å². The molecule has 1 N–H and O–H groups in total. The number of aromatic nitrogens is 4. The molecule has 3 aromatic rings. The van der Waals surface area contributed by atoms with Crippen molar-refractivity contribution in [3.05, 3.63) is 40.5 Å². The summed E-state index contributed by atoms with van der Waals surface area (Å²) >= 11 is 11.5. The molecule has 9 heteroatoms. The van der Waals surface area contributed by atoms with Gasteiger partial charge in [-0.1, -0.05) is 23.2 Å². The third-order valence-electron chi connectivity index (χ3n) is 2.77. The molecular weight excluding hydrogens is 332 g/mol. The van der Waals surface area contributed by atoms with Crippen LogP contribution >= 0.6 is 23.2 Å². The number of hydrogen-bond donors (Lipinski definition) is 1. The van der Waals surface area contributed by atoms with Crippen LogP contribution in [0.1, 0.15) is 0 Å². The Kier molecular flexibility index (Phi) is 3.91. The van der Waals surface area contributed by atoms with Crippen molar-refractivity contribution in [3.63, 3.8) is 0 Å². The number of halogens is 3. The lowest BCUT2D eigenvalue weighted by atomic mass is 10.3. The fourth-order valence-electron chi connectivity index (χ4n) is 1.72. The standard InChI is InChI=1S/C13H8Cl2FN5O/c1-17-13-18-4-7-11(21-13)12(20-5-19-7)22-8-3-2-6(14)9(15)10(8)16/h2-5H,1H3,(H,17,18,21). The summed E-state index contributed by atoms with van der Waals surface area (Å²) in [7, 11) is 1.67. The number of benzene rings is 1. The van der Waals surface area contributed by atoms with Crippen LogP contribution in [0, 0.1) is 5.82 Å². The molecule has 0 aliphatic rings. The normalized spacial score (nSPS) is 10.7. The summed E-state index contributed by atoms with van der Waals surface area (Å²) < 4.78 is 19.5. The predicted octanol–water partition coefficient (Wildman–Crippen LogP) is 3.70. The summed E-state index contributed by atoms with van der Waals surface area (Å²) in [5.74, 6) is -0.439. The number of rotatable bonds is 3. The fourth-order valence-corrected chi connectivity index (χ4v) is 2.02. The quantitative estimate of drug-likeness (QED) is 0.733. The molecule has 0 aliphatic carbocycles. The van der Waals surface area contributed by atoms with Crippen LogP contribution in [0.4, 0.5) is 10.3 Å². The maximum absolute atomic E-state index is 14.1. The van der Waals surface area contributed by atoms with Crippen LogP contribution in [0.15, 0.2) is 24.7 Å². The van der Waals surface area contributed by atoms with Gasteiger partial charge in [0.1, 0.15) is 11.8 Å². The first-order valence-corrected chi connectivity index (χ1v) is 6.82. The largest absolute Gasteiger partial charge is 0.434 e. The number of fused-ring (bicyclic) bond motifs is 1. The average Bonchev–Trinajstić information content (AvgIpc) is 2.55. The second-order valence-electron chi connectivity index (χ2n) is 4.13. The lowest BCUT2D eigenvalue weighted by molar-refractivity contribution is 0.431. The van der Waals surface area contributed by atoms with Gasteiger partial charge in [0.15, 0.2) is 17.1 Å². The number of nitrogens with one attached hydrogen (secondary N) is 1. The van der Waals surface area contributed by atoms with E-state index < -0.39 is 5.82 Å². The van der Waals surface area contributed by atoms with Crippen LogP contribution in [0.3, 0.4) is 0 Å². The first kappa shape index (κ1) is 14.7. The number of ether oxygens (including phenoxy) is 1. The van der Waals surface area contributed by atoms with Crippen LogP contribution in [0.5, 0.6) is 11.6 Å². The van der Waals surface area contributed by atoms with Crippen molar-refractivity contribution in [1.82, 2.24) is 19.9 Å². The van der Waals surface area contributed by atoms with Gasteiger partial charge in [0.25, 0.3) is 0 Å². The van der Waals surface area contributed by atoms with E-state index in [1.165, 1.54) is 24.7 Å². The maximum atomic E-state index is 14.1. The molecule has 0 saturated heterocycles. The molecule has 0 amide bonds. The van der Waals surface area contributed by atoms with Crippen molar-refractivity contribution in [3.8, 4) is 11.6 Å². The van der Waals surface area contributed by atoms with Gasteiger partial charge in [-0.2, -0.15) is 4.98 Å². The Bertz CT molecular complexity index is 861. The van der Waals surface area contributed by atoms with E-state index in [0.717, 1.165) is 0 Å². The molecule has 0 aliphatic heterocycles. The minimum Gasteiger partial charge on any atom is -0.434 e. The van der Waals surface area contributed by atoms with Crippen molar-refractivity contribution in [2.45, 2.75) is 0 Å². The molecule has 3 rings (SSSR count). The van der Waals surface area contributed by atoms with Crippen LogP contribution in [-0.4, -0.2) is 27.0 Å². The van der Waals surface area contributed by atoms with Crippen molar-refractivity contribution in [2.75, 3.05) is 12.4 Å². The van der Waals surface area contributed by atoms with Gasteiger partial charge in [0.05, 0.1) is 16.2 Å². The Hall–Kier alpha value is -2.25. The SMILES string of the molecule is CNc1ncc2ncnc(Oc3ccc(Cl)c(Cl)c3F)c2n1. The summed E-state index contributed by atoms with van der Waals surface area (Å²) in [6.07, 6.45) is 2.78. The summed E-state index contributed by atoms with van der Waals surface area (Å²) in [5, 5.41) is 2.67. The van der Waals surface area contributed by atoms with Gasteiger partial charge < -0.3 is 10.1 Å². The van der Waals surface area contributed by atoms with Crippen LogP contribution in [0.2, 0.25) is 10.0 Å². The zero-order valence-electron chi connectivity index (χ0n) is 11.1. The van der Waals surface area contributed by atoms with Gasteiger partial charge in [0.2, 0.25) is 11.8 Å². The zero-order chi connectivity index (χ0) is 15.7. The lowest BCUT2D eigenvalue weighted by Gasteiger charge is -2.09. The van der Waals surface area contributed by atoms with Crippen molar-refractivity contribution in [1.29, 1.82) is 0 Å². The van der Waals surface area contributed by atoms with Gasteiger partial charge in [-0.3, -0.25) is 0 Å².